The standard InChI is InChI=1S/C31H41ClN4O5S.C2HF3O2/c1-4-36(28(37)26(34-29(38)30(2,3)33)21-41-20-22-13-7-5-8-14-22)19-24-27(23-15-9-10-16-25(23)32)42(39,40)35-31(24)17-11-6-12-18-31;3-2(4,5)1(6)7/h5,7-10,13-16,26,35H,4,6,11-12,17-21,33H2,1-3H3,(H,34,38);(H,6,7)/t26-;/m1./s1. The van der Waals surface area contributed by atoms with E-state index in [-0.39, 0.29) is 37.1 Å². The Kier molecular flexibility index (Phi) is 13.4. The number of benzene rings is 2. The second-order valence-electron chi connectivity index (χ2n) is 12.4. The van der Waals surface area contributed by atoms with E-state index in [1.54, 1.807) is 43.0 Å². The summed E-state index contributed by atoms with van der Waals surface area (Å²) in [5.41, 5.74) is 5.98. The molecule has 1 saturated carbocycles. The van der Waals surface area contributed by atoms with Crippen LogP contribution in [-0.4, -0.2) is 79.2 Å². The molecule has 2 aliphatic rings. The molecule has 0 saturated heterocycles. The highest BCUT2D eigenvalue weighted by Gasteiger charge is 2.50. The average molecular weight is 731 g/mol. The van der Waals surface area contributed by atoms with Crippen LogP contribution in [0.4, 0.5) is 13.2 Å². The van der Waals surface area contributed by atoms with Crippen LogP contribution in [-0.2, 0) is 35.8 Å². The number of alkyl halides is 3. The van der Waals surface area contributed by atoms with E-state index in [9.17, 15) is 31.2 Å². The molecule has 11 nitrogen and oxygen atoms in total. The minimum absolute atomic E-state index is 0.0548. The molecule has 0 aromatic heterocycles. The summed E-state index contributed by atoms with van der Waals surface area (Å²) < 4.78 is 68.0. The molecule has 2 aromatic carbocycles. The Hall–Kier alpha value is -3.50. The smallest absolute Gasteiger partial charge is 0.475 e. The van der Waals surface area contributed by atoms with Crippen molar-refractivity contribution in [2.75, 3.05) is 19.7 Å². The number of sulfonamides is 1. The first-order valence-electron chi connectivity index (χ1n) is 15.7. The quantitative estimate of drug-likeness (QED) is 0.260. The highest BCUT2D eigenvalue weighted by molar-refractivity contribution is 7.99. The fourth-order valence-electron chi connectivity index (χ4n) is 5.63. The molecular weight excluding hydrogens is 689 g/mol. The SMILES string of the molecule is CCN(CC1=C(c2ccccc2Cl)S(=O)(=O)NC12CCCCC2)C(=O)[C@@H](COCc1ccccc1)NC(=O)C(C)(C)N.O=C(O)C(F)(F)F. The van der Waals surface area contributed by atoms with Crippen molar-refractivity contribution < 1.29 is 45.8 Å². The van der Waals surface area contributed by atoms with Gasteiger partial charge in [-0.2, -0.15) is 13.2 Å². The lowest BCUT2D eigenvalue weighted by molar-refractivity contribution is -0.192. The third-order valence-electron chi connectivity index (χ3n) is 8.15. The monoisotopic (exact) mass is 730 g/mol. The van der Waals surface area contributed by atoms with Crippen molar-refractivity contribution in [1.29, 1.82) is 0 Å². The fourth-order valence-corrected chi connectivity index (χ4v) is 7.91. The lowest BCUT2D eigenvalue weighted by atomic mass is 9.76. The number of rotatable bonds is 11. The van der Waals surface area contributed by atoms with Crippen molar-refractivity contribution >= 4 is 44.3 Å². The number of nitrogens with two attached hydrogens (primary N) is 1. The van der Waals surface area contributed by atoms with Crippen molar-refractivity contribution in [2.24, 2.45) is 5.73 Å². The highest BCUT2D eigenvalue weighted by atomic mass is 35.5. The van der Waals surface area contributed by atoms with E-state index in [0.717, 1.165) is 24.8 Å². The van der Waals surface area contributed by atoms with Crippen molar-refractivity contribution in [1.82, 2.24) is 14.9 Å². The number of halogens is 4. The summed E-state index contributed by atoms with van der Waals surface area (Å²) in [5.74, 6) is -3.64. The number of carbonyl (C=O) groups excluding carboxylic acids is 2. The lowest BCUT2D eigenvalue weighted by Gasteiger charge is -2.38. The molecule has 0 unspecified atom stereocenters. The molecule has 2 aromatic rings. The first kappa shape index (κ1) is 39.9. The minimum atomic E-state index is -5.08. The molecule has 1 heterocycles. The summed E-state index contributed by atoms with van der Waals surface area (Å²) in [7, 11) is -3.91. The maximum Gasteiger partial charge on any atom is 0.490 e. The summed E-state index contributed by atoms with van der Waals surface area (Å²) in [6.45, 7) is 5.47. The van der Waals surface area contributed by atoms with Gasteiger partial charge in [0, 0.05) is 23.7 Å². The number of carboxylic acids is 1. The van der Waals surface area contributed by atoms with Crippen LogP contribution in [0.15, 0.2) is 60.2 Å². The Balaban J connectivity index is 0.000000838. The van der Waals surface area contributed by atoms with Crippen molar-refractivity contribution in [2.45, 2.75) is 82.8 Å². The predicted octanol–water partition coefficient (Wildman–Crippen LogP) is 4.61. The zero-order chi connectivity index (χ0) is 36.6. The van der Waals surface area contributed by atoms with Gasteiger partial charge < -0.3 is 25.8 Å². The van der Waals surface area contributed by atoms with E-state index in [2.05, 4.69) is 10.0 Å². The zero-order valence-corrected chi connectivity index (χ0v) is 29.1. The normalized spacial score (nSPS) is 17.6. The zero-order valence-electron chi connectivity index (χ0n) is 27.5. The van der Waals surface area contributed by atoms with E-state index >= 15 is 0 Å². The summed E-state index contributed by atoms with van der Waals surface area (Å²) in [5, 5.41) is 10.2. The number of hydrogen-bond donors (Lipinski definition) is 4. The van der Waals surface area contributed by atoms with E-state index in [0.29, 0.717) is 29.0 Å². The van der Waals surface area contributed by atoms with Gasteiger partial charge in [0.05, 0.1) is 29.2 Å². The van der Waals surface area contributed by atoms with Crippen molar-refractivity contribution in [3.05, 3.63) is 76.3 Å². The van der Waals surface area contributed by atoms with Crippen LogP contribution in [0.2, 0.25) is 5.02 Å². The molecule has 16 heteroatoms. The molecule has 0 radical (unpaired) electrons. The largest absolute Gasteiger partial charge is 0.490 e. The molecule has 270 valence electrons. The molecule has 1 spiro atoms. The number of nitrogens with zero attached hydrogens (tertiary/aromatic N) is 1. The molecule has 1 aliphatic heterocycles. The maximum absolute atomic E-state index is 14.1. The van der Waals surface area contributed by atoms with Gasteiger partial charge in [0.1, 0.15) is 6.04 Å². The topological polar surface area (TPSA) is 168 Å². The first-order valence-corrected chi connectivity index (χ1v) is 17.5. The summed E-state index contributed by atoms with van der Waals surface area (Å²) >= 11 is 6.53. The number of carbonyl (C=O) groups is 3. The van der Waals surface area contributed by atoms with Gasteiger partial charge in [-0.25, -0.2) is 17.9 Å². The fraction of sp³-hybridized carbons (Fsp3) is 0.485. The van der Waals surface area contributed by atoms with Crippen LogP contribution in [0.3, 0.4) is 0 Å². The minimum Gasteiger partial charge on any atom is -0.475 e. The number of ether oxygens (including phenoxy) is 1. The Morgan fingerprint density at radius 3 is 2.16 bits per heavy atom. The first-order chi connectivity index (χ1) is 22.8. The van der Waals surface area contributed by atoms with Crippen molar-refractivity contribution in [3.8, 4) is 0 Å². The molecule has 49 heavy (non-hydrogen) atoms. The van der Waals surface area contributed by atoms with Crippen LogP contribution in [0.1, 0.15) is 64.0 Å². The lowest BCUT2D eigenvalue weighted by Crippen LogP contribution is -2.58. The average Bonchev–Trinajstić information content (AvgIpc) is 3.23. The van der Waals surface area contributed by atoms with E-state index < -0.39 is 45.2 Å². The van der Waals surface area contributed by atoms with Gasteiger partial charge in [0.15, 0.2) is 0 Å². The molecule has 0 bridgehead atoms. The van der Waals surface area contributed by atoms with E-state index in [4.69, 9.17) is 32.0 Å². The summed E-state index contributed by atoms with van der Waals surface area (Å²) in [4.78, 5) is 37.6. The van der Waals surface area contributed by atoms with Gasteiger partial charge in [0.2, 0.25) is 21.8 Å². The third-order valence-corrected chi connectivity index (χ3v) is 10.1. The van der Waals surface area contributed by atoms with Gasteiger partial charge in [-0.05, 0) is 50.8 Å². The molecule has 2 amide bonds. The van der Waals surface area contributed by atoms with Gasteiger partial charge in [0.25, 0.3) is 0 Å². The Morgan fingerprint density at radius 2 is 1.63 bits per heavy atom. The Morgan fingerprint density at radius 1 is 1.06 bits per heavy atom. The molecule has 1 fully saturated rings. The summed E-state index contributed by atoms with van der Waals surface area (Å²) in [6, 6.07) is 15.4. The van der Waals surface area contributed by atoms with Crippen molar-refractivity contribution in [3.63, 3.8) is 0 Å². The van der Waals surface area contributed by atoms with Crippen LogP contribution in [0, 0.1) is 0 Å². The third kappa shape index (κ3) is 10.5. The Labute approximate surface area is 289 Å². The molecule has 5 N–H and O–H groups in total. The van der Waals surface area contributed by atoms with E-state index in [1.165, 1.54) is 0 Å². The number of nitrogens with one attached hydrogen (secondary N) is 2. The van der Waals surface area contributed by atoms with Gasteiger partial charge in [-0.1, -0.05) is 79.4 Å². The van der Waals surface area contributed by atoms with Gasteiger partial charge in [-0.3, -0.25) is 9.59 Å². The molecule has 1 atom stereocenters. The molecular formula is C33H42ClF3N4O7S. The van der Waals surface area contributed by atoms with Gasteiger partial charge >= 0.3 is 12.1 Å². The Bertz CT molecular complexity index is 1620. The van der Waals surface area contributed by atoms with Crippen LogP contribution < -0.4 is 15.8 Å². The second-order valence-corrected chi connectivity index (χ2v) is 14.5. The van der Waals surface area contributed by atoms with E-state index in [1.807, 2.05) is 37.3 Å². The number of carboxylic acid groups (broad SMARTS) is 1. The number of aliphatic carboxylic acids is 1. The number of amides is 2. The van der Waals surface area contributed by atoms with Crippen LogP contribution in [0.5, 0.6) is 0 Å². The van der Waals surface area contributed by atoms with Crippen LogP contribution in [0.25, 0.3) is 4.91 Å². The number of hydrogen-bond acceptors (Lipinski definition) is 7. The number of likely N-dealkylation sites (N-methyl/N-ethyl adjacent to an activating group) is 1. The summed E-state index contributed by atoms with van der Waals surface area (Å²) in [6.07, 6.45) is -1.10. The second kappa shape index (κ2) is 16.5. The van der Waals surface area contributed by atoms with Crippen LogP contribution >= 0.6 is 11.6 Å². The van der Waals surface area contributed by atoms with Gasteiger partial charge in [-0.15, -0.1) is 0 Å². The maximum atomic E-state index is 14.1. The molecule has 4 rings (SSSR count). The highest BCUT2D eigenvalue weighted by Crippen LogP contribution is 2.47. The molecule has 1 aliphatic carbocycles. The predicted molar refractivity (Wildman–Crippen MR) is 178 cm³/mol.